The van der Waals surface area contributed by atoms with Crippen LogP contribution < -0.4 is 5.73 Å². The number of imidazole rings is 1. The lowest BCUT2D eigenvalue weighted by Crippen LogP contribution is -2.11. The number of nitrogens with zero attached hydrogens (tertiary/aromatic N) is 1. The Bertz CT molecular complexity index is 450. The zero-order valence-corrected chi connectivity index (χ0v) is 8.88. The van der Waals surface area contributed by atoms with Crippen molar-refractivity contribution in [1.82, 2.24) is 9.97 Å². The Morgan fingerprint density at radius 2 is 2.36 bits per heavy atom. The second-order valence-corrected chi connectivity index (χ2v) is 3.75. The second-order valence-electron chi connectivity index (χ2n) is 3.39. The first-order chi connectivity index (χ1) is 6.70. The van der Waals surface area contributed by atoms with Crippen LogP contribution in [0.25, 0.3) is 11.0 Å². The van der Waals surface area contributed by atoms with Crippen molar-refractivity contribution in [1.29, 1.82) is 0 Å². The lowest BCUT2D eigenvalue weighted by atomic mass is 10.1. The van der Waals surface area contributed by atoms with Crippen molar-refractivity contribution in [2.24, 2.45) is 5.73 Å². The van der Waals surface area contributed by atoms with Gasteiger partial charge in [-0.1, -0.05) is 6.07 Å². The first-order valence-corrected chi connectivity index (χ1v) is 5.16. The number of H-pyrrole nitrogens is 1. The Labute approximate surface area is 88.1 Å². The second kappa shape index (κ2) is 3.63. The fourth-order valence-electron chi connectivity index (χ4n) is 1.49. The van der Waals surface area contributed by atoms with Gasteiger partial charge in [-0.15, -0.1) is 0 Å². The number of nitrogens with two attached hydrogens (primary N) is 1. The number of rotatable bonds is 2. The summed E-state index contributed by atoms with van der Waals surface area (Å²) < 4.78 is 0. The summed E-state index contributed by atoms with van der Waals surface area (Å²) in [5.41, 5.74) is 9.00. The summed E-state index contributed by atoms with van der Waals surface area (Å²) in [6.07, 6.45) is 0. The highest BCUT2D eigenvalue weighted by molar-refractivity contribution is 7.80. The first-order valence-electron chi connectivity index (χ1n) is 4.53. The molecule has 14 heavy (non-hydrogen) atoms. The molecule has 74 valence electrons. The van der Waals surface area contributed by atoms with Crippen LogP contribution in [0.1, 0.15) is 17.4 Å². The highest BCUT2D eigenvalue weighted by Crippen LogP contribution is 2.18. The molecule has 1 heterocycles. The van der Waals surface area contributed by atoms with E-state index in [9.17, 15) is 0 Å². The molecule has 0 spiro atoms. The molecule has 0 amide bonds. The Balaban J connectivity index is 2.50. The largest absolute Gasteiger partial charge is 0.342 e. The molecular formula is C10H13N3S. The molecule has 1 unspecified atom stereocenters. The van der Waals surface area contributed by atoms with Gasteiger partial charge in [-0.3, -0.25) is 0 Å². The highest BCUT2D eigenvalue weighted by atomic mass is 32.1. The van der Waals surface area contributed by atoms with E-state index in [4.69, 9.17) is 5.73 Å². The number of aromatic nitrogens is 2. The summed E-state index contributed by atoms with van der Waals surface area (Å²) in [5, 5.41) is 0. The minimum atomic E-state index is -0.00802. The zero-order valence-electron chi connectivity index (χ0n) is 7.99. The van der Waals surface area contributed by atoms with E-state index in [1.807, 2.05) is 25.1 Å². The molecule has 0 aliphatic rings. The van der Waals surface area contributed by atoms with Crippen LogP contribution in [0.5, 0.6) is 0 Å². The molecule has 2 rings (SSSR count). The SMILES string of the molecule is Cc1nc2ccc(C(N)CS)cc2[nH]1. The number of hydrogen-bond donors (Lipinski definition) is 3. The molecule has 0 saturated carbocycles. The number of nitrogens with one attached hydrogen (secondary N) is 1. The first kappa shape index (κ1) is 9.55. The van der Waals surface area contributed by atoms with Crippen molar-refractivity contribution in [2.75, 3.05) is 5.75 Å². The van der Waals surface area contributed by atoms with Gasteiger partial charge in [0.1, 0.15) is 5.82 Å². The van der Waals surface area contributed by atoms with E-state index >= 15 is 0 Å². The topological polar surface area (TPSA) is 54.7 Å². The van der Waals surface area contributed by atoms with Gasteiger partial charge < -0.3 is 10.7 Å². The van der Waals surface area contributed by atoms with Crippen LogP contribution >= 0.6 is 12.6 Å². The van der Waals surface area contributed by atoms with Crippen molar-refractivity contribution in [3.63, 3.8) is 0 Å². The van der Waals surface area contributed by atoms with Crippen molar-refractivity contribution in [3.05, 3.63) is 29.6 Å². The monoisotopic (exact) mass is 207 g/mol. The van der Waals surface area contributed by atoms with Gasteiger partial charge in [0.25, 0.3) is 0 Å². The third-order valence-electron chi connectivity index (χ3n) is 2.25. The van der Waals surface area contributed by atoms with Crippen molar-refractivity contribution in [3.8, 4) is 0 Å². The van der Waals surface area contributed by atoms with E-state index in [1.54, 1.807) is 0 Å². The zero-order chi connectivity index (χ0) is 10.1. The number of fused-ring (bicyclic) bond motifs is 1. The fraction of sp³-hybridized carbons (Fsp3) is 0.300. The maximum absolute atomic E-state index is 5.88. The number of benzene rings is 1. The molecule has 1 aromatic heterocycles. The number of hydrogen-bond acceptors (Lipinski definition) is 3. The van der Waals surface area contributed by atoms with E-state index in [2.05, 4.69) is 22.6 Å². The maximum Gasteiger partial charge on any atom is 0.104 e. The van der Waals surface area contributed by atoms with Gasteiger partial charge in [0.15, 0.2) is 0 Å². The van der Waals surface area contributed by atoms with E-state index in [0.29, 0.717) is 5.75 Å². The third kappa shape index (κ3) is 1.63. The standard InChI is InChI=1S/C10H13N3S/c1-6-12-9-3-2-7(8(11)5-14)4-10(9)13-6/h2-4,8,14H,5,11H2,1H3,(H,12,13). The summed E-state index contributed by atoms with van der Waals surface area (Å²) >= 11 is 4.18. The smallest absolute Gasteiger partial charge is 0.104 e. The van der Waals surface area contributed by atoms with Gasteiger partial charge in [0, 0.05) is 11.8 Å². The summed E-state index contributed by atoms with van der Waals surface area (Å²) in [6.45, 7) is 1.94. The van der Waals surface area contributed by atoms with Gasteiger partial charge in [0.05, 0.1) is 11.0 Å². The Kier molecular flexibility index (Phi) is 2.48. The molecule has 0 aliphatic heterocycles. The minimum Gasteiger partial charge on any atom is -0.342 e. The normalized spacial score (nSPS) is 13.4. The summed E-state index contributed by atoms with van der Waals surface area (Å²) in [7, 11) is 0. The van der Waals surface area contributed by atoms with Gasteiger partial charge in [-0.25, -0.2) is 4.98 Å². The van der Waals surface area contributed by atoms with Crippen molar-refractivity contribution < 1.29 is 0 Å². The molecule has 1 aromatic carbocycles. The van der Waals surface area contributed by atoms with Gasteiger partial charge in [-0.2, -0.15) is 12.6 Å². The Morgan fingerprint density at radius 3 is 3.07 bits per heavy atom. The fourth-order valence-corrected chi connectivity index (χ4v) is 1.70. The van der Waals surface area contributed by atoms with Crippen LogP contribution in [0.2, 0.25) is 0 Å². The number of aromatic amines is 1. The quantitative estimate of drug-likeness (QED) is 0.658. The molecule has 3 N–H and O–H groups in total. The van der Waals surface area contributed by atoms with Gasteiger partial charge in [0.2, 0.25) is 0 Å². The average Bonchev–Trinajstić information content (AvgIpc) is 2.55. The van der Waals surface area contributed by atoms with Crippen LogP contribution in [-0.2, 0) is 0 Å². The molecule has 1 atom stereocenters. The van der Waals surface area contributed by atoms with Crippen molar-refractivity contribution in [2.45, 2.75) is 13.0 Å². The van der Waals surface area contributed by atoms with E-state index in [1.165, 1.54) is 0 Å². The Hall–Kier alpha value is -1.00. The predicted molar refractivity (Wildman–Crippen MR) is 61.6 cm³/mol. The molecule has 2 aromatic rings. The molecule has 0 radical (unpaired) electrons. The van der Waals surface area contributed by atoms with E-state index in [-0.39, 0.29) is 6.04 Å². The molecule has 0 saturated heterocycles. The van der Waals surface area contributed by atoms with E-state index in [0.717, 1.165) is 22.4 Å². The highest BCUT2D eigenvalue weighted by Gasteiger charge is 2.05. The molecule has 0 bridgehead atoms. The average molecular weight is 207 g/mol. The molecule has 0 aliphatic carbocycles. The van der Waals surface area contributed by atoms with Crippen LogP contribution in [-0.4, -0.2) is 15.7 Å². The summed E-state index contributed by atoms with van der Waals surface area (Å²) in [5.74, 6) is 1.58. The van der Waals surface area contributed by atoms with Crippen LogP contribution in [0.3, 0.4) is 0 Å². The maximum atomic E-state index is 5.88. The van der Waals surface area contributed by atoms with Crippen molar-refractivity contribution >= 4 is 23.7 Å². The lowest BCUT2D eigenvalue weighted by molar-refractivity contribution is 0.836. The third-order valence-corrected chi connectivity index (χ3v) is 2.64. The minimum absolute atomic E-state index is 0.00802. The summed E-state index contributed by atoms with van der Waals surface area (Å²) in [4.78, 5) is 7.51. The van der Waals surface area contributed by atoms with Crippen LogP contribution in [0, 0.1) is 6.92 Å². The summed E-state index contributed by atoms with van der Waals surface area (Å²) in [6, 6.07) is 6.02. The predicted octanol–water partition coefficient (Wildman–Crippen LogP) is 1.80. The number of thiol groups is 1. The number of aryl methyl sites for hydroxylation is 1. The molecule has 0 fully saturated rings. The van der Waals surface area contributed by atoms with Gasteiger partial charge in [-0.05, 0) is 24.6 Å². The van der Waals surface area contributed by atoms with Gasteiger partial charge >= 0.3 is 0 Å². The molecule has 4 heteroatoms. The van der Waals surface area contributed by atoms with Crippen LogP contribution in [0.15, 0.2) is 18.2 Å². The van der Waals surface area contributed by atoms with Crippen LogP contribution in [0.4, 0.5) is 0 Å². The van der Waals surface area contributed by atoms with E-state index < -0.39 is 0 Å². The molecular weight excluding hydrogens is 194 g/mol. The lowest BCUT2D eigenvalue weighted by Gasteiger charge is -2.07. The Morgan fingerprint density at radius 1 is 1.57 bits per heavy atom. The molecule has 3 nitrogen and oxygen atoms in total.